The second-order valence-corrected chi connectivity index (χ2v) is 8.58. The van der Waals surface area contributed by atoms with Crippen molar-refractivity contribution in [3.05, 3.63) is 29.8 Å². The van der Waals surface area contributed by atoms with E-state index in [0.717, 1.165) is 12.8 Å². The number of amides is 1. The molecule has 24 heavy (non-hydrogen) atoms. The molecule has 1 amide bonds. The summed E-state index contributed by atoms with van der Waals surface area (Å²) in [5.41, 5.74) is 0.533. The van der Waals surface area contributed by atoms with Crippen LogP contribution in [-0.2, 0) is 10.0 Å². The maximum absolute atomic E-state index is 12.7. The van der Waals surface area contributed by atoms with Gasteiger partial charge in [0, 0.05) is 24.7 Å². The van der Waals surface area contributed by atoms with Crippen LogP contribution in [0.4, 0.5) is 0 Å². The van der Waals surface area contributed by atoms with Crippen LogP contribution in [0.25, 0.3) is 0 Å². The zero-order chi connectivity index (χ0) is 17.7. The van der Waals surface area contributed by atoms with E-state index >= 15 is 0 Å². The molecule has 0 atom stereocenters. The van der Waals surface area contributed by atoms with Gasteiger partial charge < -0.3 is 4.90 Å². The summed E-state index contributed by atoms with van der Waals surface area (Å²) in [7, 11) is -1.67. The molecule has 5 nitrogen and oxygen atoms in total. The van der Waals surface area contributed by atoms with E-state index in [1.165, 1.54) is 37.8 Å². The molecule has 6 heteroatoms. The average molecular weight is 353 g/mol. The molecule has 0 aromatic heterocycles. The lowest BCUT2D eigenvalue weighted by molar-refractivity contribution is 0.0717. The molecule has 0 aliphatic heterocycles. The fourth-order valence-electron chi connectivity index (χ4n) is 3.17. The lowest BCUT2D eigenvalue weighted by Gasteiger charge is -2.27. The summed E-state index contributed by atoms with van der Waals surface area (Å²) in [5, 5.41) is 0. The third kappa shape index (κ3) is 4.80. The van der Waals surface area contributed by atoms with Gasteiger partial charge in [0.1, 0.15) is 0 Å². The standard InChI is InChI=1S/C18H28N2O3S/c1-14(2)19-24(22,23)17-12-10-15(11-13-17)18(21)20(3)16-8-6-4-5-7-9-16/h10-14,16,19H,4-9H2,1-3H3. The number of carbonyl (C=O) groups excluding carboxylic acids is 1. The minimum absolute atomic E-state index is 0.0392. The summed E-state index contributed by atoms with van der Waals surface area (Å²) < 4.78 is 26.8. The van der Waals surface area contributed by atoms with Gasteiger partial charge in [0.15, 0.2) is 0 Å². The molecule has 0 saturated heterocycles. The van der Waals surface area contributed by atoms with Gasteiger partial charge in [-0.15, -0.1) is 0 Å². The van der Waals surface area contributed by atoms with Gasteiger partial charge in [0.25, 0.3) is 5.91 Å². The van der Waals surface area contributed by atoms with Gasteiger partial charge in [-0.25, -0.2) is 13.1 Å². The Morgan fingerprint density at radius 1 is 1.08 bits per heavy atom. The van der Waals surface area contributed by atoms with Crippen molar-refractivity contribution >= 4 is 15.9 Å². The number of benzene rings is 1. The molecule has 0 radical (unpaired) electrons. The summed E-state index contributed by atoms with van der Waals surface area (Å²) in [6, 6.07) is 6.32. The minimum Gasteiger partial charge on any atom is -0.339 e. The first-order valence-corrected chi connectivity index (χ1v) is 10.2. The zero-order valence-corrected chi connectivity index (χ0v) is 15.6. The molecule has 134 valence electrons. The molecule has 0 heterocycles. The SMILES string of the molecule is CC(C)NS(=O)(=O)c1ccc(C(=O)N(C)C2CCCCCC2)cc1. The highest BCUT2D eigenvalue weighted by Crippen LogP contribution is 2.22. The quantitative estimate of drug-likeness (QED) is 0.828. The van der Waals surface area contributed by atoms with Crippen LogP contribution in [0.2, 0.25) is 0 Å². The summed E-state index contributed by atoms with van der Waals surface area (Å²) in [5.74, 6) is -0.0392. The normalized spacial score (nSPS) is 16.8. The Morgan fingerprint density at radius 2 is 1.62 bits per heavy atom. The van der Waals surface area contributed by atoms with Crippen LogP contribution >= 0.6 is 0 Å². The van der Waals surface area contributed by atoms with Crippen LogP contribution in [0.1, 0.15) is 62.7 Å². The number of nitrogens with zero attached hydrogens (tertiary/aromatic N) is 1. The number of carbonyl (C=O) groups is 1. The number of sulfonamides is 1. The Hall–Kier alpha value is -1.40. The van der Waals surface area contributed by atoms with Gasteiger partial charge in [0.2, 0.25) is 10.0 Å². The van der Waals surface area contributed by atoms with Gasteiger partial charge >= 0.3 is 0 Å². The van der Waals surface area contributed by atoms with Crippen molar-refractivity contribution < 1.29 is 13.2 Å². The monoisotopic (exact) mass is 352 g/mol. The molecular formula is C18H28N2O3S. The third-order valence-electron chi connectivity index (χ3n) is 4.50. The van der Waals surface area contributed by atoms with Crippen molar-refractivity contribution in [2.45, 2.75) is 69.4 Å². The van der Waals surface area contributed by atoms with Crippen LogP contribution < -0.4 is 4.72 Å². The first-order chi connectivity index (χ1) is 11.3. The van der Waals surface area contributed by atoms with E-state index in [0.29, 0.717) is 5.56 Å². The van der Waals surface area contributed by atoms with Crippen LogP contribution in [-0.4, -0.2) is 38.4 Å². The smallest absolute Gasteiger partial charge is 0.253 e. The van der Waals surface area contributed by atoms with E-state index < -0.39 is 10.0 Å². The number of nitrogens with one attached hydrogen (secondary N) is 1. The molecule has 1 aliphatic carbocycles. The summed E-state index contributed by atoms with van der Waals surface area (Å²) in [4.78, 5) is 14.7. The Bertz CT molecular complexity index is 645. The van der Waals surface area contributed by atoms with Gasteiger partial charge in [-0.05, 0) is 51.0 Å². The molecule has 1 aromatic carbocycles. The topological polar surface area (TPSA) is 66.5 Å². The lowest BCUT2D eigenvalue weighted by Crippen LogP contribution is -2.36. The molecule has 0 bridgehead atoms. The van der Waals surface area contributed by atoms with E-state index in [1.807, 2.05) is 11.9 Å². The molecule has 1 aromatic rings. The minimum atomic E-state index is -3.52. The van der Waals surface area contributed by atoms with Crippen molar-refractivity contribution in [2.75, 3.05) is 7.05 Å². The molecule has 1 aliphatic rings. The highest BCUT2D eigenvalue weighted by molar-refractivity contribution is 7.89. The maximum Gasteiger partial charge on any atom is 0.253 e. The summed E-state index contributed by atoms with van der Waals surface area (Å²) in [6.07, 6.45) is 6.92. The molecule has 0 unspecified atom stereocenters. The molecule has 0 spiro atoms. The first-order valence-electron chi connectivity index (χ1n) is 8.71. The van der Waals surface area contributed by atoms with Crippen molar-refractivity contribution in [1.29, 1.82) is 0 Å². The van der Waals surface area contributed by atoms with Crippen molar-refractivity contribution in [1.82, 2.24) is 9.62 Å². The number of hydrogen-bond donors (Lipinski definition) is 1. The van der Waals surface area contributed by atoms with Gasteiger partial charge in [0.05, 0.1) is 4.90 Å². The summed E-state index contributed by atoms with van der Waals surface area (Å²) in [6.45, 7) is 3.55. The number of hydrogen-bond acceptors (Lipinski definition) is 3. The first kappa shape index (κ1) is 18.9. The van der Waals surface area contributed by atoms with Gasteiger partial charge in [-0.2, -0.15) is 0 Å². The van der Waals surface area contributed by atoms with Crippen LogP contribution in [0.5, 0.6) is 0 Å². The molecule has 1 N–H and O–H groups in total. The Labute approximate surface area is 145 Å². The third-order valence-corrected chi connectivity index (χ3v) is 6.17. The van der Waals surface area contributed by atoms with E-state index in [1.54, 1.807) is 26.0 Å². The Kier molecular flexibility index (Phi) is 6.40. The maximum atomic E-state index is 12.7. The van der Waals surface area contributed by atoms with Gasteiger partial charge in [-0.1, -0.05) is 25.7 Å². The van der Waals surface area contributed by atoms with Crippen molar-refractivity contribution in [3.63, 3.8) is 0 Å². The van der Waals surface area contributed by atoms with Crippen LogP contribution in [0, 0.1) is 0 Å². The highest BCUT2D eigenvalue weighted by atomic mass is 32.2. The fourth-order valence-corrected chi connectivity index (χ4v) is 4.42. The van der Waals surface area contributed by atoms with E-state index in [-0.39, 0.29) is 22.9 Å². The van der Waals surface area contributed by atoms with E-state index in [4.69, 9.17) is 0 Å². The predicted octanol–water partition coefficient (Wildman–Crippen LogP) is 3.17. The van der Waals surface area contributed by atoms with Crippen molar-refractivity contribution in [3.8, 4) is 0 Å². The van der Waals surface area contributed by atoms with Crippen molar-refractivity contribution in [2.24, 2.45) is 0 Å². The zero-order valence-electron chi connectivity index (χ0n) is 14.8. The molecule has 1 saturated carbocycles. The molecule has 2 rings (SSSR count). The summed E-state index contributed by atoms with van der Waals surface area (Å²) >= 11 is 0. The van der Waals surface area contributed by atoms with Gasteiger partial charge in [-0.3, -0.25) is 4.79 Å². The lowest BCUT2D eigenvalue weighted by atomic mass is 10.1. The second-order valence-electron chi connectivity index (χ2n) is 6.86. The average Bonchev–Trinajstić information content (AvgIpc) is 2.81. The Morgan fingerprint density at radius 3 is 2.12 bits per heavy atom. The largest absolute Gasteiger partial charge is 0.339 e. The number of rotatable bonds is 5. The van der Waals surface area contributed by atoms with Crippen LogP contribution in [0.15, 0.2) is 29.2 Å². The van der Waals surface area contributed by atoms with Crippen LogP contribution in [0.3, 0.4) is 0 Å². The highest BCUT2D eigenvalue weighted by Gasteiger charge is 2.23. The fraction of sp³-hybridized carbons (Fsp3) is 0.611. The molecular weight excluding hydrogens is 324 g/mol. The van der Waals surface area contributed by atoms with E-state index in [9.17, 15) is 13.2 Å². The predicted molar refractivity (Wildman–Crippen MR) is 95.5 cm³/mol. The van der Waals surface area contributed by atoms with E-state index in [2.05, 4.69) is 4.72 Å². The second kappa shape index (κ2) is 8.12. The Balaban J connectivity index is 2.10. The molecule has 1 fully saturated rings.